The van der Waals surface area contributed by atoms with Crippen LogP contribution in [-0.4, -0.2) is 58.0 Å². The molecule has 1 amide bonds. The van der Waals surface area contributed by atoms with E-state index in [2.05, 4.69) is 5.32 Å². The number of fused-ring (bicyclic) bond motifs is 1. The second kappa shape index (κ2) is 9.51. The summed E-state index contributed by atoms with van der Waals surface area (Å²) in [6.45, 7) is 2.09. The van der Waals surface area contributed by atoms with Crippen LogP contribution in [0.5, 0.6) is 0 Å². The summed E-state index contributed by atoms with van der Waals surface area (Å²) in [6.07, 6.45) is 1.28. The Balaban J connectivity index is 1.35. The second-order valence-corrected chi connectivity index (χ2v) is 9.80. The van der Waals surface area contributed by atoms with Crippen molar-refractivity contribution in [3.8, 4) is 0 Å². The average molecular weight is 466 g/mol. The fourth-order valence-electron chi connectivity index (χ4n) is 4.04. The van der Waals surface area contributed by atoms with Crippen molar-refractivity contribution in [3.63, 3.8) is 0 Å². The van der Waals surface area contributed by atoms with Crippen LogP contribution in [0.25, 0.3) is 0 Å². The highest BCUT2D eigenvalue weighted by atomic mass is 32.2. The second-order valence-electron chi connectivity index (χ2n) is 7.86. The number of carbonyl (C=O) groups excluding carboxylic acids is 1. The molecule has 2 heterocycles. The number of ether oxygens (including phenoxy) is 1. The first-order valence-corrected chi connectivity index (χ1v) is 11.9. The van der Waals surface area contributed by atoms with Crippen molar-refractivity contribution in [3.05, 3.63) is 59.2 Å². The molecule has 2 aliphatic rings. The van der Waals surface area contributed by atoms with Gasteiger partial charge in [-0.25, -0.2) is 17.2 Å². The van der Waals surface area contributed by atoms with Gasteiger partial charge in [0.2, 0.25) is 15.9 Å². The molecule has 0 aromatic heterocycles. The molecule has 10 heteroatoms. The first-order valence-electron chi connectivity index (χ1n) is 10.5. The maximum Gasteiger partial charge on any atom is 0.243 e. The fourth-order valence-corrected chi connectivity index (χ4v) is 5.45. The normalized spacial score (nSPS) is 17.1. The molecule has 7 nitrogen and oxygen atoms in total. The molecule has 0 saturated carbocycles. The highest BCUT2D eigenvalue weighted by molar-refractivity contribution is 7.89. The highest BCUT2D eigenvalue weighted by Crippen LogP contribution is 2.30. The van der Waals surface area contributed by atoms with Gasteiger partial charge in [-0.15, -0.1) is 0 Å². The zero-order valence-corrected chi connectivity index (χ0v) is 18.3. The molecule has 2 aliphatic heterocycles. The molecule has 32 heavy (non-hydrogen) atoms. The first kappa shape index (κ1) is 22.6. The first-order chi connectivity index (χ1) is 15.3. The monoisotopic (exact) mass is 465 g/mol. The molecule has 2 aromatic rings. The lowest BCUT2D eigenvalue weighted by Gasteiger charge is -2.31. The summed E-state index contributed by atoms with van der Waals surface area (Å²) in [5, 5.41) is 2.78. The van der Waals surface area contributed by atoms with Crippen LogP contribution in [0, 0.1) is 11.6 Å². The van der Waals surface area contributed by atoms with E-state index in [4.69, 9.17) is 4.74 Å². The van der Waals surface area contributed by atoms with E-state index >= 15 is 0 Å². The highest BCUT2D eigenvalue weighted by Gasteiger charge is 2.26. The van der Waals surface area contributed by atoms with Gasteiger partial charge in [0, 0.05) is 32.2 Å². The van der Waals surface area contributed by atoms with Crippen LogP contribution in [0.2, 0.25) is 0 Å². The predicted octanol–water partition coefficient (Wildman–Crippen LogP) is 2.05. The third kappa shape index (κ3) is 4.92. The standard InChI is InChI=1S/C22H25F2N3O4S/c23-18-12-17-2-1-7-26(22(17)20(24)13-18)15-21(28)25-14-16-3-5-19(6-4-16)32(29,30)27-8-10-31-11-9-27/h3-6,12-13H,1-2,7-11,14-15H2,(H,25,28). The van der Waals surface area contributed by atoms with Crippen LogP contribution in [-0.2, 0) is 32.5 Å². The lowest BCUT2D eigenvalue weighted by atomic mass is 10.0. The van der Waals surface area contributed by atoms with Gasteiger partial charge in [0.05, 0.1) is 30.3 Å². The Kier molecular flexibility index (Phi) is 6.73. The number of benzene rings is 2. The van der Waals surface area contributed by atoms with Crippen LogP contribution in [0.1, 0.15) is 17.5 Å². The zero-order chi connectivity index (χ0) is 22.7. The molecule has 0 aliphatic carbocycles. The van der Waals surface area contributed by atoms with Crippen molar-refractivity contribution in [2.24, 2.45) is 0 Å². The number of rotatable bonds is 6. The third-order valence-electron chi connectivity index (χ3n) is 5.65. The molecule has 2 aromatic carbocycles. The topological polar surface area (TPSA) is 79.0 Å². The molecule has 1 saturated heterocycles. The molecule has 4 rings (SSSR count). The van der Waals surface area contributed by atoms with Crippen molar-refractivity contribution in [2.45, 2.75) is 24.3 Å². The Labute approximate surface area is 186 Å². The average Bonchev–Trinajstić information content (AvgIpc) is 2.78. The number of aryl methyl sites for hydroxylation is 1. The minimum absolute atomic E-state index is 0.0426. The molecular weight excluding hydrogens is 440 g/mol. The van der Waals surface area contributed by atoms with E-state index in [1.807, 2.05) is 0 Å². The van der Waals surface area contributed by atoms with E-state index in [9.17, 15) is 22.0 Å². The summed E-state index contributed by atoms with van der Waals surface area (Å²) in [5.74, 6) is -1.58. The third-order valence-corrected chi connectivity index (χ3v) is 7.57. The Hall–Kier alpha value is -2.56. The smallest absolute Gasteiger partial charge is 0.243 e. The van der Waals surface area contributed by atoms with Crippen molar-refractivity contribution in [1.82, 2.24) is 9.62 Å². The number of hydrogen-bond acceptors (Lipinski definition) is 5. The van der Waals surface area contributed by atoms with Gasteiger partial charge in [0.25, 0.3) is 0 Å². The van der Waals surface area contributed by atoms with E-state index in [0.29, 0.717) is 51.3 Å². The lowest BCUT2D eigenvalue weighted by Crippen LogP contribution is -2.40. The van der Waals surface area contributed by atoms with Gasteiger partial charge in [0.15, 0.2) is 0 Å². The molecule has 0 spiro atoms. The van der Waals surface area contributed by atoms with Crippen LogP contribution in [0.3, 0.4) is 0 Å². The van der Waals surface area contributed by atoms with Gasteiger partial charge in [-0.05, 0) is 42.2 Å². The Morgan fingerprint density at radius 1 is 1.06 bits per heavy atom. The van der Waals surface area contributed by atoms with Crippen LogP contribution in [0.15, 0.2) is 41.3 Å². The van der Waals surface area contributed by atoms with Gasteiger partial charge in [-0.3, -0.25) is 4.79 Å². The van der Waals surface area contributed by atoms with E-state index in [1.165, 1.54) is 22.5 Å². The SMILES string of the molecule is O=C(CN1CCCc2cc(F)cc(F)c21)NCc1ccc(S(=O)(=O)N2CCOCC2)cc1. The van der Waals surface area contributed by atoms with E-state index in [0.717, 1.165) is 11.6 Å². The fraction of sp³-hybridized carbons (Fsp3) is 0.409. The van der Waals surface area contributed by atoms with Crippen LogP contribution < -0.4 is 10.2 Å². The maximum absolute atomic E-state index is 14.3. The summed E-state index contributed by atoms with van der Waals surface area (Å²) in [6, 6.07) is 8.52. The maximum atomic E-state index is 14.3. The van der Waals surface area contributed by atoms with Gasteiger partial charge < -0.3 is 15.0 Å². The number of anilines is 1. The van der Waals surface area contributed by atoms with Gasteiger partial charge in [-0.2, -0.15) is 4.31 Å². The number of halogens is 2. The van der Waals surface area contributed by atoms with E-state index in [1.54, 1.807) is 17.0 Å². The van der Waals surface area contributed by atoms with Crippen molar-refractivity contribution >= 4 is 21.6 Å². The van der Waals surface area contributed by atoms with Crippen LogP contribution in [0.4, 0.5) is 14.5 Å². The van der Waals surface area contributed by atoms with Gasteiger partial charge in [-0.1, -0.05) is 12.1 Å². The summed E-state index contributed by atoms with van der Waals surface area (Å²) in [5.41, 5.74) is 1.59. The summed E-state index contributed by atoms with van der Waals surface area (Å²) >= 11 is 0. The minimum atomic E-state index is -3.57. The largest absolute Gasteiger partial charge is 0.379 e. The van der Waals surface area contributed by atoms with Gasteiger partial charge >= 0.3 is 0 Å². The molecule has 0 unspecified atom stereocenters. The predicted molar refractivity (Wildman–Crippen MR) is 115 cm³/mol. The van der Waals surface area contributed by atoms with Crippen molar-refractivity contribution < 1.29 is 26.7 Å². The van der Waals surface area contributed by atoms with E-state index < -0.39 is 21.7 Å². The number of nitrogens with one attached hydrogen (secondary N) is 1. The zero-order valence-electron chi connectivity index (χ0n) is 17.5. The molecule has 0 radical (unpaired) electrons. The molecular formula is C22H25F2N3O4S. The van der Waals surface area contributed by atoms with E-state index in [-0.39, 0.29) is 29.6 Å². The number of carbonyl (C=O) groups is 1. The lowest BCUT2D eigenvalue weighted by molar-refractivity contribution is -0.119. The number of nitrogens with zero attached hydrogens (tertiary/aromatic N) is 2. The van der Waals surface area contributed by atoms with Crippen molar-refractivity contribution in [1.29, 1.82) is 0 Å². The summed E-state index contributed by atoms with van der Waals surface area (Å²) in [7, 11) is -3.57. The number of sulfonamides is 1. The minimum Gasteiger partial charge on any atom is -0.379 e. The number of morpholine rings is 1. The quantitative estimate of drug-likeness (QED) is 0.707. The van der Waals surface area contributed by atoms with Crippen molar-refractivity contribution in [2.75, 3.05) is 44.3 Å². The summed E-state index contributed by atoms with van der Waals surface area (Å²) < 4.78 is 59.7. The molecule has 172 valence electrons. The van der Waals surface area contributed by atoms with Crippen LogP contribution >= 0.6 is 0 Å². The Bertz CT molecular complexity index is 1090. The molecule has 0 atom stereocenters. The molecule has 1 N–H and O–H groups in total. The number of hydrogen-bond donors (Lipinski definition) is 1. The number of amides is 1. The summed E-state index contributed by atoms with van der Waals surface area (Å²) in [4.78, 5) is 14.3. The Morgan fingerprint density at radius 3 is 2.50 bits per heavy atom. The van der Waals surface area contributed by atoms with Gasteiger partial charge in [0.1, 0.15) is 11.6 Å². The molecule has 0 bridgehead atoms. The molecule has 1 fully saturated rings. The Morgan fingerprint density at radius 2 is 1.78 bits per heavy atom.